The van der Waals surface area contributed by atoms with Gasteiger partial charge in [0.15, 0.2) is 6.35 Å². The van der Waals surface area contributed by atoms with Gasteiger partial charge in [-0.1, -0.05) is 25.4 Å². The van der Waals surface area contributed by atoms with Crippen molar-refractivity contribution < 1.29 is 23.0 Å². The fourth-order valence-corrected chi connectivity index (χ4v) is 4.64. The van der Waals surface area contributed by atoms with Crippen molar-refractivity contribution in [2.75, 3.05) is 13.2 Å². The first-order valence-electron chi connectivity index (χ1n) is 10.6. The summed E-state index contributed by atoms with van der Waals surface area (Å²) in [7, 11) is 0. The number of hydrogen-bond donors (Lipinski definition) is 3. The molecule has 3 rings (SSSR count). The SMILES string of the molecule is CCC1CC(N(Cc2cc(Cl)cc(C(F)(F)F)c2)C2NC(CO)CO2)CC(CC)N1. The molecule has 0 amide bonds. The highest BCUT2D eigenvalue weighted by Gasteiger charge is 2.38. The van der Waals surface area contributed by atoms with Crippen molar-refractivity contribution in [3.63, 3.8) is 0 Å². The van der Waals surface area contributed by atoms with Gasteiger partial charge in [0.05, 0.1) is 24.8 Å². The summed E-state index contributed by atoms with van der Waals surface area (Å²) < 4.78 is 45.7. The molecule has 30 heavy (non-hydrogen) atoms. The molecular formula is C21H31ClF3N3O2. The quantitative estimate of drug-likeness (QED) is 0.592. The van der Waals surface area contributed by atoms with Gasteiger partial charge in [0, 0.05) is 29.7 Å². The number of nitrogens with one attached hydrogen (secondary N) is 2. The van der Waals surface area contributed by atoms with Crippen LogP contribution in [0.1, 0.15) is 50.7 Å². The maximum absolute atomic E-state index is 13.3. The van der Waals surface area contributed by atoms with E-state index >= 15 is 0 Å². The van der Waals surface area contributed by atoms with E-state index in [0.717, 1.165) is 37.8 Å². The Balaban J connectivity index is 1.88. The summed E-state index contributed by atoms with van der Waals surface area (Å²) in [4.78, 5) is 2.09. The molecule has 170 valence electrons. The fourth-order valence-electron chi connectivity index (χ4n) is 4.38. The number of nitrogens with zero attached hydrogens (tertiary/aromatic N) is 1. The van der Waals surface area contributed by atoms with Crippen molar-refractivity contribution in [2.45, 2.75) is 82.8 Å². The molecule has 0 spiro atoms. The van der Waals surface area contributed by atoms with E-state index in [0.29, 0.717) is 24.3 Å². The summed E-state index contributed by atoms with van der Waals surface area (Å²) in [5.41, 5.74) is -0.256. The number of hydrogen-bond acceptors (Lipinski definition) is 5. The maximum atomic E-state index is 13.3. The third-order valence-corrected chi connectivity index (χ3v) is 6.26. The lowest BCUT2D eigenvalue weighted by atomic mass is 9.89. The summed E-state index contributed by atoms with van der Waals surface area (Å²) in [6.45, 7) is 4.85. The number of rotatable bonds is 7. The Morgan fingerprint density at radius 2 is 1.77 bits per heavy atom. The fraction of sp³-hybridized carbons (Fsp3) is 0.714. The Labute approximate surface area is 180 Å². The highest BCUT2D eigenvalue weighted by atomic mass is 35.5. The van der Waals surface area contributed by atoms with Crippen molar-refractivity contribution in [2.24, 2.45) is 0 Å². The Morgan fingerprint density at radius 3 is 2.30 bits per heavy atom. The van der Waals surface area contributed by atoms with Gasteiger partial charge in [-0.3, -0.25) is 10.2 Å². The Bertz CT molecular complexity index is 695. The first kappa shape index (κ1) is 23.8. The molecule has 3 N–H and O–H groups in total. The van der Waals surface area contributed by atoms with Crippen LogP contribution in [0, 0.1) is 0 Å². The van der Waals surface area contributed by atoms with E-state index in [1.165, 1.54) is 0 Å². The highest BCUT2D eigenvalue weighted by Crippen LogP contribution is 2.33. The van der Waals surface area contributed by atoms with Crippen molar-refractivity contribution in [1.29, 1.82) is 0 Å². The van der Waals surface area contributed by atoms with Crippen LogP contribution < -0.4 is 10.6 Å². The van der Waals surface area contributed by atoms with E-state index in [1.54, 1.807) is 6.07 Å². The van der Waals surface area contributed by atoms with Crippen LogP contribution in [0.3, 0.4) is 0 Å². The molecule has 2 saturated heterocycles. The molecule has 1 aromatic carbocycles. The number of alkyl halides is 3. The summed E-state index contributed by atoms with van der Waals surface area (Å²) in [5, 5.41) is 16.5. The second-order valence-corrected chi connectivity index (χ2v) is 8.69. The minimum Gasteiger partial charge on any atom is -0.395 e. The third-order valence-electron chi connectivity index (χ3n) is 6.04. The molecule has 2 fully saturated rings. The molecule has 1 aromatic rings. The van der Waals surface area contributed by atoms with Crippen molar-refractivity contribution >= 4 is 11.6 Å². The molecular weight excluding hydrogens is 419 g/mol. The lowest BCUT2D eigenvalue weighted by molar-refractivity contribution is -0.137. The topological polar surface area (TPSA) is 56.8 Å². The molecule has 0 saturated carbocycles. The van der Waals surface area contributed by atoms with Gasteiger partial charge < -0.3 is 15.2 Å². The van der Waals surface area contributed by atoms with E-state index < -0.39 is 18.1 Å². The van der Waals surface area contributed by atoms with Crippen LogP contribution in [0.25, 0.3) is 0 Å². The van der Waals surface area contributed by atoms with Crippen molar-refractivity contribution in [3.05, 3.63) is 34.3 Å². The standard InChI is InChI=1S/C21H31ClF3N3O2/c1-3-16-8-19(9-17(4-2)26-16)28(20-27-18(11-29)12-30-20)10-13-5-14(21(23,24)25)7-15(22)6-13/h5-7,16-20,26-27,29H,3-4,8-12H2,1-2H3. The van der Waals surface area contributed by atoms with Crippen LogP contribution in [0.2, 0.25) is 5.02 Å². The second kappa shape index (κ2) is 10.1. The van der Waals surface area contributed by atoms with Crippen LogP contribution in [0.15, 0.2) is 18.2 Å². The number of ether oxygens (including phenoxy) is 1. The number of benzene rings is 1. The van der Waals surface area contributed by atoms with E-state index in [9.17, 15) is 18.3 Å². The average Bonchev–Trinajstić information content (AvgIpc) is 3.19. The van der Waals surface area contributed by atoms with Crippen molar-refractivity contribution in [1.82, 2.24) is 15.5 Å². The van der Waals surface area contributed by atoms with E-state index in [2.05, 4.69) is 29.4 Å². The molecule has 5 nitrogen and oxygen atoms in total. The number of aliphatic hydroxyl groups is 1. The minimum atomic E-state index is -4.45. The lowest BCUT2D eigenvalue weighted by Crippen LogP contribution is -2.57. The predicted molar refractivity (Wildman–Crippen MR) is 110 cm³/mol. The minimum absolute atomic E-state index is 0.0544. The van der Waals surface area contributed by atoms with Crippen LogP contribution in [-0.4, -0.2) is 53.7 Å². The summed E-state index contributed by atoms with van der Waals surface area (Å²) in [5.74, 6) is 0. The maximum Gasteiger partial charge on any atom is 0.416 e. The Kier molecular flexibility index (Phi) is 8.03. The molecule has 0 aromatic heterocycles. The normalized spacial score (nSPS) is 30.2. The first-order valence-corrected chi connectivity index (χ1v) is 11.0. The monoisotopic (exact) mass is 449 g/mol. The first-order chi connectivity index (χ1) is 14.2. The summed E-state index contributed by atoms with van der Waals surface area (Å²) >= 11 is 6.01. The zero-order valence-electron chi connectivity index (χ0n) is 17.4. The molecule has 0 aliphatic carbocycles. The molecule has 0 radical (unpaired) electrons. The molecule has 2 heterocycles. The molecule has 4 atom stereocenters. The van der Waals surface area contributed by atoms with Gasteiger partial charge in [0.1, 0.15) is 0 Å². The second-order valence-electron chi connectivity index (χ2n) is 8.25. The predicted octanol–water partition coefficient (Wildman–Crippen LogP) is 3.73. The Morgan fingerprint density at radius 1 is 1.10 bits per heavy atom. The van der Waals surface area contributed by atoms with Gasteiger partial charge in [-0.25, -0.2) is 0 Å². The molecule has 4 unspecified atom stereocenters. The van der Waals surface area contributed by atoms with E-state index in [-0.39, 0.29) is 30.3 Å². The van der Waals surface area contributed by atoms with Gasteiger partial charge in [-0.15, -0.1) is 0 Å². The smallest absolute Gasteiger partial charge is 0.395 e. The average molecular weight is 450 g/mol. The highest BCUT2D eigenvalue weighted by molar-refractivity contribution is 6.30. The summed E-state index contributed by atoms with van der Waals surface area (Å²) in [6, 6.07) is 4.32. The van der Waals surface area contributed by atoms with E-state index in [1.807, 2.05) is 0 Å². The molecule has 2 aliphatic rings. The van der Waals surface area contributed by atoms with Gasteiger partial charge in [-0.2, -0.15) is 13.2 Å². The lowest BCUT2D eigenvalue weighted by Gasteiger charge is -2.43. The van der Waals surface area contributed by atoms with Gasteiger partial charge in [0.25, 0.3) is 0 Å². The number of aliphatic hydroxyl groups excluding tert-OH is 1. The largest absolute Gasteiger partial charge is 0.416 e. The van der Waals surface area contributed by atoms with Crippen LogP contribution in [0.4, 0.5) is 13.2 Å². The van der Waals surface area contributed by atoms with Gasteiger partial charge >= 0.3 is 6.18 Å². The summed E-state index contributed by atoms with van der Waals surface area (Å²) in [6.07, 6.45) is -1.20. The van der Waals surface area contributed by atoms with Crippen LogP contribution in [-0.2, 0) is 17.5 Å². The molecule has 0 bridgehead atoms. The van der Waals surface area contributed by atoms with Crippen molar-refractivity contribution in [3.8, 4) is 0 Å². The van der Waals surface area contributed by atoms with Gasteiger partial charge in [0.2, 0.25) is 0 Å². The third kappa shape index (κ3) is 5.87. The zero-order valence-corrected chi connectivity index (χ0v) is 18.1. The van der Waals surface area contributed by atoms with Crippen LogP contribution in [0.5, 0.6) is 0 Å². The number of halogens is 4. The Hall–Kier alpha value is -0.900. The molecule has 9 heteroatoms. The van der Waals surface area contributed by atoms with Gasteiger partial charge in [-0.05, 0) is 49.4 Å². The zero-order chi connectivity index (χ0) is 21.9. The van der Waals surface area contributed by atoms with E-state index in [4.69, 9.17) is 16.3 Å². The van der Waals surface area contributed by atoms with Crippen LogP contribution >= 0.6 is 11.6 Å². The number of piperidine rings is 1. The molecule has 2 aliphatic heterocycles.